The monoisotopic (exact) mass is 658 g/mol. The van der Waals surface area contributed by atoms with Crippen LogP contribution in [0.1, 0.15) is 81.3 Å². The number of methoxy groups -OCH3 is 1. The van der Waals surface area contributed by atoms with Crippen molar-refractivity contribution < 1.29 is 27.8 Å². The van der Waals surface area contributed by atoms with Gasteiger partial charge in [-0.05, 0) is 119 Å². The van der Waals surface area contributed by atoms with Crippen LogP contribution in [0.25, 0.3) is 0 Å². The number of sulfonamides is 1. The van der Waals surface area contributed by atoms with Gasteiger partial charge in [0.15, 0.2) is 0 Å². The Hall–Kier alpha value is -2.59. The Kier molecular flexibility index (Phi) is 9.95. The Labute approximate surface area is 273 Å². The van der Waals surface area contributed by atoms with Crippen molar-refractivity contribution in [1.29, 1.82) is 0 Å². The van der Waals surface area contributed by atoms with Crippen molar-refractivity contribution in [2.75, 3.05) is 25.1 Å². The molecule has 0 unspecified atom stereocenters. The second-order valence-electron chi connectivity index (χ2n) is 13.6. The molecule has 2 N–H and O–H groups in total. The van der Waals surface area contributed by atoms with E-state index in [-0.39, 0.29) is 23.3 Å². The molecule has 2 bridgehead atoms. The van der Waals surface area contributed by atoms with Crippen LogP contribution in [0, 0.1) is 17.8 Å². The van der Waals surface area contributed by atoms with Crippen LogP contribution in [-0.2, 0) is 27.8 Å². The van der Waals surface area contributed by atoms with E-state index in [4.69, 9.17) is 21.1 Å². The summed E-state index contributed by atoms with van der Waals surface area (Å²) in [6.45, 7) is 8.77. The van der Waals surface area contributed by atoms with E-state index in [1.807, 2.05) is 37.3 Å². The van der Waals surface area contributed by atoms with E-state index >= 15 is 0 Å². The summed E-state index contributed by atoms with van der Waals surface area (Å²) >= 11 is 6.34. The van der Waals surface area contributed by atoms with Crippen molar-refractivity contribution in [1.82, 2.24) is 4.72 Å². The maximum Gasteiger partial charge on any atom is 0.264 e. The van der Waals surface area contributed by atoms with Gasteiger partial charge in [0.2, 0.25) is 10.0 Å². The van der Waals surface area contributed by atoms with Crippen molar-refractivity contribution in [2.45, 2.75) is 89.3 Å². The number of carbonyl (C=O) groups is 1. The number of carbonyl (C=O) groups excluding carboxylic acids is 1. The molecule has 1 amide bonds. The fourth-order valence-corrected chi connectivity index (χ4v) is 8.68. The fraction of sp³-hybridized carbons (Fsp3) is 0.571. The predicted molar refractivity (Wildman–Crippen MR) is 178 cm³/mol. The van der Waals surface area contributed by atoms with Crippen LogP contribution in [-0.4, -0.2) is 56.1 Å². The summed E-state index contributed by atoms with van der Waals surface area (Å²) in [6.07, 6.45) is 8.91. The van der Waals surface area contributed by atoms with E-state index < -0.39 is 32.4 Å². The first-order chi connectivity index (χ1) is 21.3. The van der Waals surface area contributed by atoms with E-state index in [1.54, 1.807) is 46.1 Å². The molecule has 45 heavy (non-hydrogen) atoms. The van der Waals surface area contributed by atoms with Crippen molar-refractivity contribution in [3.63, 3.8) is 0 Å². The number of aliphatic hydroxyl groups is 1. The Morgan fingerprint density at radius 2 is 1.89 bits per heavy atom. The fourth-order valence-electron chi connectivity index (χ4n) is 7.20. The van der Waals surface area contributed by atoms with Crippen molar-refractivity contribution in [3.05, 3.63) is 70.3 Å². The molecular formula is C35H47ClN2O6S. The lowest BCUT2D eigenvalue weighted by Crippen LogP contribution is -2.61. The van der Waals surface area contributed by atoms with E-state index in [2.05, 4.69) is 9.62 Å². The van der Waals surface area contributed by atoms with Gasteiger partial charge in [-0.2, -0.15) is 0 Å². The number of allylic oxidation sites excluding steroid dienone is 1. The molecule has 2 aliphatic heterocycles. The molecule has 8 nitrogen and oxygen atoms in total. The molecule has 5 rings (SSSR count). The molecule has 1 saturated carbocycles. The first-order valence-electron chi connectivity index (χ1n) is 16.1. The first kappa shape index (κ1) is 33.8. The zero-order chi connectivity index (χ0) is 32.6. The van der Waals surface area contributed by atoms with E-state index in [9.17, 15) is 18.3 Å². The number of rotatable bonds is 2. The Morgan fingerprint density at radius 3 is 2.58 bits per heavy atom. The summed E-state index contributed by atoms with van der Waals surface area (Å²) in [5.41, 5.74) is 1.08. The number of hydrogen-bond donors (Lipinski definition) is 2. The summed E-state index contributed by atoms with van der Waals surface area (Å²) in [4.78, 5) is 15.7. The highest BCUT2D eigenvalue weighted by molar-refractivity contribution is 7.90. The van der Waals surface area contributed by atoms with Gasteiger partial charge in [0.05, 0.1) is 16.5 Å². The number of amides is 1. The quantitative estimate of drug-likeness (QED) is 0.366. The Morgan fingerprint density at radius 1 is 1.11 bits per heavy atom. The Balaban J connectivity index is 1.61. The summed E-state index contributed by atoms with van der Waals surface area (Å²) < 4.78 is 41.7. The number of benzene rings is 2. The second kappa shape index (κ2) is 13.3. The molecule has 10 heteroatoms. The third kappa shape index (κ3) is 6.92. The van der Waals surface area contributed by atoms with Gasteiger partial charge in [-0.25, -0.2) is 13.1 Å². The normalized spacial score (nSPS) is 29.9. The Bertz CT molecular complexity index is 1540. The van der Waals surface area contributed by atoms with Gasteiger partial charge in [-0.15, -0.1) is 0 Å². The third-order valence-electron chi connectivity index (χ3n) is 10.4. The van der Waals surface area contributed by atoms with Crippen LogP contribution in [0.15, 0.2) is 48.6 Å². The average molecular weight is 659 g/mol. The molecule has 2 aromatic carbocycles. The molecular weight excluding hydrogens is 612 g/mol. The number of nitrogens with one attached hydrogen (secondary N) is 1. The van der Waals surface area contributed by atoms with Crippen LogP contribution >= 0.6 is 11.6 Å². The molecule has 0 radical (unpaired) electrons. The molecule has 3 aliphatic rings. The minimum absolute atomic E-state index is 0.0311. The number of hydrogen-bond acceptors (Lipinski definition) is 7. The topological polar surface area (TPSA) is 105 Å². The number of ether oxygens (including phenoxy) is 2. The highest BCUT2D eigenvalue weighted by Gasteiger charge is 2.54. The highest BCUT2D eigenvalue weighted by Crippen LogP contribution is 2.50. The summed E-state index contributed by atoms with van der Waals surface area (Å²) in [6, 6.07) is 11.0. The maximum atomic E-state index is 13.4. The lowest BCUT2D eigenvalue weighted by molar-refractivity contribution is -0.181. The molecule has 0 saturated heterocycles. The minimum atomic E-state index is -3.98. The van der Waals surface area contributed by atoms with E-state index in [0.717, 1.165) is 48.9 Å². The van der Waals surface area contributed by atoms with Gasteiger partial charge in [-0.1, -0.05) is 36.7 Å². The largest absolute Gasteiger partial charge is 0.487 e. The second-order valence-corrected chi connectivity index (χ2v) is 16.1. The zero-order valence-electron chi connectivity index (χ0n) is 27.0. The van der Waals surface area contributed by atoms with Gasteiger partial charge >= 0.3 is 0 Å². The standard InChI is InChI=1S/C35H47ClN2O6S/c1-23-9-8-17-35(43-5,34(3,4)40)30-15-12-27(30)21-38-18-7-6-10-25-19-29(36)14-11-28(25)22-44-32-16-13-26(20-31(32)38)33(39)37-45(41,42)24(23)2/h8,11,13-14,16-17,19-20,23-24,27,30,40H,6-7,9-10,12,15,18,21-22H2,1-5H3,(H,37,39)/b17-8+/t23-,24+,27-,30+,35+/m0/s1. The first-order valence-corrected chi connectivity index (χ1v) is 18.0. The maximum absolute atomic E-state index is 13.4. The molecule has 2 heterocycles. The lowest BCUT2D eigenvalue weighted by atomic mass is 9.59. The molecule has 0 spiro atoms. The summed E-state index contributed by atoms with van der Waals surface area (Å²) in [5, 5.41) is 11.4. The molecule has 0 aromatic heterocycles. The van der Waals surface area contributed by atoms with Crippen LogP contribution in [0.4, 0.5) is 5.69 Å². The lowest BCUT2D eigenvalue weighted by Gasteiger charge is -2.54. The predicted octanol–water partition coefficient (Wildman–Crippen LogP) is 6.29. The van der Waals surface area contributed by atoms with Crippen LogP contribution in [0.5, 0.6) is 5.75 Å². The average Bonchev–Trinajstić information content (AvgIpc) is 3.00. The van der Waals surface area contributed by atoms with E-state index in [1.165, 1.54) is 0 Å². The molecule has 5 atom stereocenters. The van der Waals surface area contributed by atoms with E-state index in [0.29, 0.717) is 36.9 Å². The van der Waals surface area contributed by atoms with Crippen LogP contribution in [0.3, 0.4) is 0 Å². The molecule has 1 aliphatic carbocycles. The van der Waals surface area contributed by atoms with Gasteiger partial charge in [0, 0.05) is 30.8 Å². The van der Waals surface area contributed by atoms with Crippen molar-refractivity contribution in [3.8, 4) is 5.75 Å². The van der Waals surface area contributed by atoms with Crippen molar-refractivity contribution >= 4 is 33.2 Å². The van der Waals surface area contributed by atoms with Crippen LogP contribution < -0.4 is 14.4 Å². The number of halogens is 1. The van der Waals surface area contributed by atoms with Gasteiger partial charge in [0.25, 0.3) is 5.91 Å². The molecule has 2 aromatic rings. The molecule has 1 fully saturated rings. The number of aryl methyl sites for hydroxylation is 1. The summed E-state index contributed by atoms with van der Waals surface area (Å²) in [5.74, 6) is -0.0880. The van der Waals surface area contributed by atoms with Gasteiger partial charge in [-0.3, -0.25) is 4.79 Å². The number of fused-ring (bicyclic) bond motifs is 3. The number of nitrogens with zero attached hydrogens (tertiary/aromatic N) is 1. The molecule has 246 valence electrons. The van der Waals surface area contributed by atoms with Gasteiger partial charge in [0.1, 0.15) is 18.0 Å². The summed E-state index contributed by atoms with van der Waals surface area (Å²) in [7, 11) is -2.33. The highest BCUT2D eigenvalue weighted by atomic mass is 35.5. The third-order valence-corrected chi connectivity index (χ3v) is 12.5. The van der Waals surface area contributed by atoms with Gasteiger partial charge < -0.3 is 19.5 Å². The SMILES string of the molecule is CO[C@]1(C(C)(C)O)/C=C/C[C@H](C)[C@@H](C)S(=O)(=O)NC(=O)c2ccc3c(c2)N(CCCCc2cc(Cl)ccc2CO3)C[C@@H]2CC[C@H]21. The smallest absolute Gasteiger partial charge is 0.264 e. The van der Waals surface area contributed by atoms with Crippen LogP contribution in [0.2, 0.25) is 5.02 Å². The zero-order valence-corrected chi connectivity index (χ0v) is 28.6. The van der Waals surface area contributed by atoms with Crippen molar-refractivity contribution in [2.24, 2.45) is 17.8 Å². The minimum Gasteiger partial charge on any atom is -0.487 e. The number of anilines is 1.